The van der Waals surface area contributed by atoms with Crippen LogP contribution in [0.25, 0.3) is 0 Å². The Labute approximate surface area is 81.6 Å². The molecule has 0 atom stereocenters. The van der Waals surface area contributed by atoms with Crippen molar-refractivity contribution in [2.24, 2.45) is 5.10 Å². The molecule has 0 saturated heterocycles. The molecule has 0 unspecified atom stereocenters. The Morgan fingerprint density at radius 2 is 2.43 bits per heavy atom. The second-order valence-corrected chi connectivity index (χ2v) is 2.66. The van der Waals surface area contributed by atoms with Gasteiger partial charge in [-0.15, -0.1) is 0 Å². The molecule has 0 aliphatic heterocycles. The number of rotatable bonds is 3. The van der Waals surface area contributed by atoms with Crippen LogP contribution in [0.3, 0.4) is 0 Å². The molecule has 1 aromatic rings. The molecular formula is C9H12N2O3. The molecule has 14 heavy (non-hydrogen) atoms. The summed E-state index contributed by atoms with van der Waals surface area (Å²) in [6.45, 7) is 3.73. The lowest BCUT2D eigenvalue weighted by Crippen LogP contribution is -2.24. The standard InChI is InChI=1S/C9H12N2O3/c1-3-11(9(12)13)10-7(2)8-5-4-6-14-8/h4-6H,3H2,1-2H3,(H,12,13). The second kappa shape index (κ2) is 4.45. The smallest absolute Gasteiger partial charge is 0.427 e. The molecule has 0 aromatic carbocycles. The van der Waals surface area contributed by atoms with Gasteiger partial charge < -0.3 is 9.52 Å². The number of hydrogen-bond donors (Lipinski definition) is 1. The first-order chi connectivity index (χ1) is 6.65. The fraction of sp³-hybridized carbons (Fsp3) is 0.333. The molecule has 0 bridgehead atoms. The van der Waals surface area contributed by atoms with Crippen LogP contribution in [0, 0.1) is 0 Å². The van der Waals surface area contributed by atoms with Crippen molar-refractivity contribution in [1.82, 2.24) is 5.01 Å². The monoisotopic (exact) mass is 196 g/mol. The summed E-state index contributed by atoms with van der Waals surface area (Å²) in [5.74, 6) is 0.574. The Bertz CT molecular complexity index is 330. The van der Waals surface area contributed by atoms with E-state index in [0.717, 1.165) is 5.01 Å². The maximum Gasteiger partial charge on any atom is 0.427 e. The predicted octanol–water partition coefficient (Wildman–Crippen LogP) is 2.00. The fourth-order valence-electron chi connectivity index (χ4n) is 0.964. The minimum atomic E-state index is -1.07. The van der Waals surface area contributed by atoms with E-state index >= 15 is 0 Å². The van der Waals surface area contributed by atoms with Gasteiger partial charge in [0.1, 0.15) is 11.5 Å². The molecule has 0 aliphatic rings. The maximum atomic E-state index is 10.6. The molecule has 0 fully saturated rings. The van der Waals surface area contributed by atoms with E-state index in [-0.39, 0.29) is 0 Å². The summed E-state index contributed by atoms with van der Waals surface area (Å²) in [6.07, 6.45) is 0.448. The average molecular weight is 196 g/mol. The molecule has 0 radical (unpaired) electrons. The van der Waals surface area contributed by atoms with E-state index in [4.69, 9.17) is 9.52 Å². The second-order valence-electron chi connectivity index (χ2n) is 2.66. The first-order valence-corrected chi connectivity index (χ1v) is 4.24. The van der Waals surface area contributed by atoms with Gasteiger partial charge in [0, 0.05) is 6.54 Å². The summed E-state index contributed by atoms with van der Waals surface area (Å²) in [7, 11) is 0. The molecule has 0 aliphatic carbocycles. The van der Waals surface area contributed by atoms with Crippen molar-refractivity contribution in [2.75, 3.05) is 6.54 Å². The number of amides is 1. The quantitative estimate of drug-likeness (QED) is 0.594. The third kappa shape index (κ3) is 2.35. The highest BCUT2D eigenvalue weighted by Crippen LogP contribution is 2.03. The highest BCUT2D eigenvalue weighted by atomic mass is 16.4. The number of carboxylic acid groups (broad SMARTS) is 1. The fourth-order valence-corrected chi connectivity index (χ4v) is 0.964. The molecule has 5 nitrogen and oxygen atoms in total. The van der Waals surface area contributed by atoms with Crippen molar-refractivity contribution < 1.29 is 14.3 Å². The highest BCUT2D eigenvalue weighted by Gasteiger charge is 2.09. The van der Waals surface area contributed by atoms with Gasteiger partial charge in [-0.25, -0.2) is 4.79 Å². The molecule has 1 heterocycles. The lowest BCUT2D eigenvalue weighted by molar-refractivity contribution is 0.149. The third-order valence-electron chi connectivity index (χ3n) is 1.67. The number of hydrazone groups is 1. The molecule has 5 heteroatoms. The first-order valence-electron chi connectivity index (χ1n) is 4.24. The van der Waals surface area contributed by atoms with Crippen molar-refractivity contribution in [2.45, 2.75) is 13.8 Å². The first kappa shape index (κ1) is 10.3. The van der Waals surface area contributed by atoms with Gasteiger partial charge in [0.25, 0.3) is 0 Å². The molecule has 1 amide bonds. The number of hydrogen-bond acceptors (Lipinski definition) is 3. The van der Waals surface area contributed by atoms with Crippen LogP contribution in [0.4, 0.5) is 4.79 Å². The van der Waals surface area contributed by atoms with Gasteiger partial charge in [-0.2, -0.15) is 10.1 Å². The van der Waals surface area contributed by atoms with E-state index in [0.29, 0.717) is 18.0 Å². The van der Waals surface area contributed by atoms with Crippen molar-refractivity contribution in [3.63, 3.8) is 0 Å². The molecule has 1 rings (SSSR count). The normalized spacial score (nSPS) is 11.4. The lowest BCUT2D eigenvalue weighted by Gasteiger charge is -2.10. The summed E-state index contributed by atoms with van der Waals surface area (Å²) < 4.78 is 5.07. The van der Waals surface area contributed by atoms with Gasteiger partial charge in [0.2, 0.25) is 0 Å². The maximum absolute atomic E-state index is 10.6. The van der Waals surface area contributed by atoms with Gasteiger partial charge in [-0.3, -0.25) is 0 Å². The van der Waals surface area contributed by atoms with Crippen molar-refractivity contribution in [3.05, 3.63) is 24.2 Å². The van der Waals surface area contributed by atoms with Crippen LogP contribution in [-0.2, 0) is 0 Å². The lowest BCUT2D eigenvalue weighted by atomic mass is 10.3. The van der Waals surface area contributed by atoms with Crippen LogP contribution in [0.2, 0.25) is 0 Å². The van der Waals surface area contributed by atoms with Crippen LogP contribution < -0.4 is 0 Å². The van der Waals surface area contributed by atoms with Crippen molar-refractivity contribution in [1.29, 1.82) is 0 Å². The zero-order valence-electron chi connectivity index (χ0n) is 8.10. The summed E-state index contributed by atoms with van der Waals surface area (Å²) in [5.41, 5.74) is 0.541. The summed E-state index contributed by atoms with van der Waals surface area (Å²) in [5, 5.41) is 13.6. The predicted molar refractivity (Wildman–Crippen MR) is 51.3 cm³/mol. The molecule has 0 spiro atoms. The Kier molecular flexibility index (Phi) is 3.28. The van der Waals surface area contributed by atoms with Crippen LogP contribution in [0.5, 0.6) is 0 Å². The Balaban J connectivity index is 2.81. The van der Waals surface area contributed by atoms with Crippen LogP contribution in [0.15, 0.2) is 27.9 Å². The van der Waals surface area contributed by atoms with Gasteiger partial charge >= 0.3 is 6.09 Å². The minimum absolute atomic E-state index is 0.313. The molecule has 76 valence electrons. The van der Waals surface area contributed by atoms with Crippen LogP contribution >= 0.6 is 0 Å². The molecule has 1 aromatic heterocycles. The van der Waals surface area contributed by atoms with Crippen molar-refractivity contribution in [3.8, 4) is 0 Å². The minimum Gasteiger partial charge on any atom is -0.464 e. The van der Waals surface area contributed by atoms with Crippen LogP contribution in [-0.4, -0.2) is 28.5 Å². The van der Waals surface area contributed by atoms with E-state index in [1.165, 1.54) is 6.26 Å². The largest absolute Gasteiger partial charge is 0.464 e. The summed E-state index contributed by atoms with van der Waals surface area (Å²) in [4.78, 5) is 10.6. The van der Waals surface area contributed by atoms with E-state index in [9.17, 15) is 4.79 Å². The Morgan fingerprint density at radius 1 is 1.71 bits per heavy atom. The van der Waals surface area contributed by atoms with E-state index in [1.54, 1.807) is 26.0 Å². The number of furan rings is 1. The SMILES string of the molecule is CCN(N=C(C)c1ccco1)C(=O)O. The highest BCUT2D eigenvalue weighted by molar-refractivity contribution is 5.96. The topological polar surface area (TPSA) is 66.0 Å². The summed E-state index contributed by atoms with van der Waals surface area (Å²) in [6, 6.07) is 3.46. The van der Waals surface area contributed by atoms with Gasteiger partial charge in [0.05, 0.1) is 6.26 Å². The summed E-state index contributed by atoms with van der Waals surface area (Å²) >= 11 is 0. The number of nitrogens with zero attached hydrogens (tertiary/aromatic N) is 2. The molecular weight excluding hydrogens is 184 g/mol. The van der Waals surface area contributed by atoms with Crippen molar-refractivity contribution >= 4 is 11.8 Å². The van der Waals surface area contributed by atoms with Gasteiger partial charge in [-0.1, -0.05) is 0 Å². The Hall–Kier alpha value is -1.78. The van der Waals surface area contributed by atoms with Gasteiger partial charge in [0.15, 0.2) is 0 Å². The van der Waals surface area contributed by atoms with E-state index < -0.39 is 6.09 Å². The van der Waals surface area contributed by atoms with Gasteiger partial charge in [-0.05, 0) is 26.0 Å². The van der Waals surface area contributed by atoms with E-state index in [1.807, 2.05) is 0 Å². The Morgan fingerprint density at radius 3 is 2.86 bits per heavy atom. The number of carbonyl (C=O) groups is 1. The average Bonchev–Trinajstić information content (AvgIpc) is 2.65. The molecule has 1 N–H and O–H groups in total. The molecule has 0 saturated carbocycles. The zero-order valence-corrected chi connectivity index (χ0v) is 8.10. The zero-order chi connectivity index (χ0) is 10.6. The van der Waals surface area contributed by atoms with E-state index in [2.05, 4.69) is 5.10 Å². The van der Waals surface area contributed by atoms with Crippen LogP contribution in [0.1, 0.15) is 19.6 Å². The third-order valence-corrected chi connectivity index (χ3v) is 1.67.